The summed E-state index contributed by atoms with van der Waals surface area (Å²) >= 11 is 0. The van der Waals surface area contributed by atoms with E-state index in [1.54, 1.807) is 23.4 Å². The number of methoxy groups -OCH3 is 1. The predicted octanol–water partition coefficient (Wildman–Crippen LogP) is 2.27. The summed E-state index contributed by atoms with van der Waals surface area (Å²) in [6.45, 7) is 4.47. The van der Waals surface area contributed by atoms with E-state index in [2.05, 4.69) is 23.4 Å². The summed E-state index contributed by atoms with van der Waals surface area (Å²) in [5.41, 5.74) is 3.39. The van der Waals surface area contributed by atoms with Crippen molar-refractivity contribution in [3.63, 3.8) is 0 Å². The van der Waals surface area contributed by atoms with Crippen molar-refractivity contribution < 1.29 is 14.3 Å². The molecule has 0 N–H and O–H groups in total. The quantitative estimate of drug-likeness (QED) is 0.773. The summed E-state index contributed by atoms with van der Waals surface area (Å²) in [4.78, 5) is 33.6. The molecule has 1 aliphatic heterocycles. The highest BCUT2D eigenvalue weighted by molar-refractivity contribution is 5.97. The Bertz CT molecular complexity index is 839. The van der Waals surface area contributed by atoms with Gasteiger partial charge in [0.1, 0.15) is 6.04 Å². The molecule has 2 heterocycles. The fraction of sp³-hybridized carbons (Fsp3) is 0.450. The maximum Gasteiger partial charge on any atom is 0.329 e. The van der Waals surface area contributed by atoms with Crippen molar-refractivity contribution in [1.82, 2.24) is 14.5 Å². The van der Waals surface area contributed by atoms with Crippen molar-refractivity contribution in [2.45, 2.75) is 38.9 Å². The average Bonchev–Trinajstić information content (AvgIpc) is 3.09. The van der Waals surface area contributed by atoms with Crippen LogP contribution in [0, 0.1) is 0 Å². The number of hydrogen-bond acceptors (Lipinski definition) is 5. The summed E-state index contributed by atoms with van der Waals surface area (Å²) in [5, 5.41) is 0. The van der Waals surface area contributed by atoms with E-state index >= 15 is 0 Å². The van der Waals surface area contributed by atoms with Crippen molar-refractivity contribution in [3.8, 4) is 0 Å². The SMILES string of the molecule is COC(=O)C1Cc2ncn(C(C)C)c2CN1C(=O)c1ccc(N(C)C)cc1. The van der Waals surface area contributed by atoms with Gasteiger partial charge in [0.25, 0.3) is 5.91 Å². The summed E-state index contributed by atoms with van der Waals surface area (Å²) in [7, 11) is 5.24. The third-order valence-corrected chi connectivity index (χ3v) is 4.99. The lowest BCUT2D eigenvalue weighted by atomic mass is 10.0. The molecular weight excluding hydrogens is 344 g/mol. The van der Waals surface area contributed by atoms with E-state index in [1.165, 1.54) is 7.11 Å². The molecular formula is C20H26N4O3. The largest absolute Gasteiger partial charge is 0.467 e. The molecule has 1 aromatic heterocycles. The number of anilines is 1. The molecule has 0 saturated carbocycles. The molecule has 0 saturated heterocycles. The monoisotopic (exact) mass is 370 g/mol. The smallest absolute Gasteiger partial charge is 0.329 e. The maximum atomic E-state index is 13.2. The number of hydrogen-bond donors (Lipinski definition) is 0. The van der Waals surface area contributed by atoms with Crippen molar-refractivity contribution >= 4 is 17.6 Å². The molecule has 0 bridgehead atoms. The number of nitrogens with zero attached hydrogens (tertiary/aromatic N) is 4. The van der Waals surface area contributed by atoms with Gasteiger partial charge >= 0.3 is 5.97 Å². The molecule has 7 heteroatoms. The molecule has 27 heavy (non-hydrogen) atoms. The maximum absolute atomic E-state index is 13.2. The van der Waals surface area contributed by atoms with Gasteiger partial charge in [-0.3, -0.25) is 4.79 Å². The second-order valence-electron chi connectivity index (χ2n) is 7.26. The van der Waals surface area contributed by atoms with Crippen LogP contribution in [0.1, 0.15) is 41.6 Å². The molecule has 2 aromatic rings. The third kappa shape index (κ3) is 3.54. The van der Waals surface area contributed by atoms with E-state index in [-0.39, 0.29) is 11.9 Å². The minimum atomic E-state index is -0.668. The van der Waals surface area contributed by atoms with Crippen LogP contribution in [-0.4, -0.2) is 53.6 Å². The predicted molar refractivity (Wildman–Crippen MR) is 103 cm³/mol. The van der Waals surface area contributed by atoms with Crippen LogP contribution in [0.2, 0.25) is 0 Å². The molecule has 0 radical (unpaired) electrons. The Hall–Kier alpha value is -2.83. The van der Waals surface area contributed by atoms with Crippen LogP contribution < -0.4 is 4.90 Å². The Morgan fingerprint density at radius 2 is 1.89 bits per heavy atom. The van der Waals surface area contributed by atoms with E-state index in [0.717, 1.165) is 17.1 Å². The van der Waals surface area contributed by atoms with Gasteiger partial charge in [-0.15, -0.1) is 0 Å². The zero-order valence-corrected chi connectivity index (χ0v) is 16.5. The van der Waals surface area contributed by atoms with Gasteiger partial charge in [0, 0.05) is 37.8 Å². The Morgan fingerprint density at radius 1 is 1.22 bits per heavy atom. The number of ether oxygens (including phenoxy) is 1. The highest BCUT2D eigenvalue weighted by Crippen LogP contribution is 2.27. The van der Waals surface area contributed by atoms with Gasteiger partial charge < -0.3 is 19.1 Å². The van der Waals surface area contributed by atoms with Crippen LogP contribution in [0.3, 0.4) is 0 Å². The standard InChI is InChI=1S/C20H26N4O3/c1-13(2)24-12-21-16-10-17(20(26)27-5)23(11-18(16)24)19(25)14-6-8-15(9-7-14)22(3)4/h6-9,12-13,17H,10-11H2,1-5H3. The van der Waals surface area contributed by atoms with E-state index in [4.69, 9.17) is 4.74 Å². The van der Waals surface area contributed by atoms with Crippen molar-refractivity contribution in [2.24, 2.45) is 0 Å². The summed E-state index contributed by atoms with van der Waals surface area (Å²) < 4.78 is 7.01. The molecule has 3 rings (SSSR count). The molecule has 7 nitrogen and oxygen atoms in total. The van der Waals surface area contributed by atoms with Gasteiger partial charge in [-0.1, -0.05) is 0 Å². The number of benzene rings is 1. The van der Waals surface area contributed by atoms with Crippen molar-refractivity contribution in [3.05, 3.63) is 47.5 Å². The van der Waals surface area contributed by atoms with Gasteiger partial charge in [0.2, 0.25) is 0 Å². The lowest BCUT2D eigenvalue weighted by molar-refractivity contribution is -0.146. The molecule has 1 aliphatic rings. The van der Waals surface area contributed by atoms with Gasteiger partial charge in [0.05, 0.1) is 31.4 Å². The number of imidazole rings is 1. The molecule has 1 unspecified atom stereocenters. The van der Waals surface area contributed by atoms with E-state index in [1.807, 2.05) is 31.1 Å². The highest BCUT2D eigenvalue weighted by atomic mass is 16.5. The van der Waals surface area contributed by atoms with Crippen LogP contribution in [0.5, 0.6) is 0 Å². The molecule has 1 atom stereocenters. The summed E-state index contributed by atoms with van der Waals surface area (Å²) in [6.07, 6.45) is 2.15. The van der Waals surface area contributed by atoms with Crippen molar-refractivity contribution in [2.75, 3.05) is 26.1 Å². The molecule has 0 fully saturated rings. The Kier molecular flexibility index (Phi) is 5.21. The first kappa shape index (κ1) is 18.9. The van der Waals surface area contributed by atoms with Crippen molar-refractivity contribution in [1.29, 1.82) is 0 Å². The number of esters is 1. The number of carbonyl (C=O) groups excluding carboxylic acids is 2. The van der Waals surface area contributed by atoms with Crippen LogP contribution in [0.4, 0.5) is 5.69 Å². The topological polar surface area (TPSA) is 67.7 Å². The second-order valence-corrected chi connectivity index (χ2v) is 7.26. The zero-order chi connectivity index (χ0) is 19.7. The number of fused-ring (bicyclic) bond motifs is 1. The van der Waals surface area contributed by atoms with E-state index in [9.17, 15) is 9.59 Å². The highest BCUT2D eigenvalue weighted by Gasteiger charge is 2.38. The Balaban J connectivity index is 1.95. The van der Waals surface area contributed by atoms with Crippen LogP contribution in [-0.2, 0) is 22.5 Å². The van der Waals surface area contributed by atoms with E-state index in [0.29, 0.717) is 18.5 Å². The number of carbonyl (C=O) groups is 2. The normalized spacial score (nSPS) is 16.2. The lowest BCUT2D eigenvalue weighted by Crippen LogP contribution is -2.49. The minimum Gasteiger partial charge on any atom is -0.467 e. The van der Waals surface area contributed by atoms with Gasteiger partial charge in [-0.25, -0.2) is 9.78 Å². The van der Waals surface area contributed by atoms with Crippen LogP contribution in [0.15, 0.2) is 30.6 Å². The summed E-state index contributed by atoms with van der Waals surface area (Å²) in [6, 6.07) is 6.94. The van der Waals surface area contributed by atoms with Gasteiger partial charge in [-0.2, -0.15) is 0 Å². The number of aromatic nitrogens is 2. The van der Waals surface area contributed by atoms with Gasteiger partial charge in [-0.05, 0) is 38.1 Å². The molecule has 1 aromatic carbocycles. The minimum absolute atomic E-state index is 0.183. The van der Waals surface area contributed by atoms with Crippen LogP contribution >= 0.6 is 0 Å². The number of amides is 1. The average molecular weight is 370 g/mol. The zero-order valence-electron chi connectivity index (χ0n) is 16.5. The first-order valence-corrected chi connectivity index (χ1v) is 9.04. The molecule has 0 spiro atoms. The fourth-order valence-corrected chi connectivity index (χ4v) is 3.41. The molecule has 1 amide bonds. The number of rotatable bonds is 4. The van der Waals surface area contributed by atoms with Gasteiger partial charge in [0.15, 0.2) is 0 Å². The first-order valence-electron chi connectivity index (χ1n) is 9.04. The van der Waals surface area contributed by atoms with Crippen LogP contribution in [0.25, 0.3) is 0 Å². The lowest BCUT2D eigenvalue weighted by Gasteiger charge is -2.34. The fourth-order valence-electron chi connectivity index (χ4n) is 3.41. The third-order valence-electron chi connectivity index (χ3n) is 4.99. The molecule has 144 valence electrons. The second kappa shape index (κ2) is 7.42. The Morgan fingerprint density at radius 3 is 2.44 bits per heavy atom. The summed E-state index contributed by atoms with van der Waals surface area (Å²) in [5.74, 6) is -0.601. The molecule has 0 aliphatic carbocycles. The Labute approximate surface area is 159 Å². The van der Waals surface area contributed by atoms with E-state index < -0.39 is 12.0 Å². The first-order chi connectivity index (χ1) is 12.8.